The predicted molar refractivity (Wildman–Crippen MR) is 282 cm³/mol. The topological polar surface area (TPSA) is 58.9 Å². The zero-order chi connectivity index (χ0) is 38.8. The second-order valence-electron chi connectivity index (χ2n) is 14.1. The van der Waals surface area contributed by atoms with E-state index in [-0.39, 0.29) is 44.6 Å². The summed E-state index contributed by atoms with van der Waals surface area (Å²) in [5.74, 6) is 0. The Hall–Kier alpha value is -3.80. The van der Waals surface area contributed by atoms with Gasteiger partial charge in [0, 0.05) is 0 Å². The average molecular weight is 900 g/mol. The van der Waals surface area contributed by atoms with Gasteiger partial charge < -0.3 is 17.8 Å². The highest BCUT2D eigenvalue weighted by molar-refractivity contribution is 7.49. The third kappa shape index (κ3) is 12.6. The van der Waals surface area contributed by atoms with Crippen LogP contribution in [0.2, 0.25) is 32.7 Å². The quantitative estimate of drug-likeness (QED) is 0.103. The maximum absolute atomic E-state index is 11.9. The van der Waals surface area contributed by atoms with Crippen molar-refractivity contribution in [3.8, 4) is 0 Å². The van der Waals surface area contributed by atoms with Crippen LogP contribution >= 0.6 is 0 Å². The first-order valence-corrected chi connectivity index (χ1v) is 34.2. The van der Waals surface area contributed by atoms with E-state index in [2.05, 4.69) is 107 Å². The van der Waals surface area contributed by atoms with E-state index in [0.717, 1.165) is 20.7 Å². The van der Waals surface area contributed by atoms with Crippen molar-refractivity contribution in [2.75, 3.05) is 0 Å². The molecule has 5 unspecified atom stereocenters. The molecule has 0 saturated carbocycles. The van der Waals surface area contributed by atoms with Crippen molar-refractivity contribution in [3.63, 3.8) is 0 Å². The number of hydrogen-bond acceptors (Lipinski definition) is 4. The fourth-order valence-electron chi connectivity index (χ4n) is 6.58. The lowest BCUT2D eigenvalue weighted by Gasteiger charge is -2.45. The zero-order valence-corrected chi connectivity index (χ0v) is 37.8. The Kier molecular flexibility index (Phi) is 25.3. The molecule has 5 atom stereocenters. The molecule has 59 heavy (non-hydrogen) atoms. The van der Waals surface area contributed by atoms with E-state index in [0.29, 0.717) is 0 Å². The van der Waals surface area contributed by atoms with Crippen LogP contribution in [0.4, 0.5) is 0 Å². The molecule has 5 aromatic rings. The summed E-state index contributed by atoms with van der Waals surface area (Å²) in [7, 11) is -16.4. The molecule has 0 bridgehead atoms. The third-order valence-corrected chi connectivity index (χ3v) is 45.6. The van der Waals surface area contributed by atoms with Gasteiger partial charge in [0.1, 0.15) is 0 Å². The Bertz CT molecular complexity index is 1910. The lowest BCUT2D eigenvalue weighted by Crippen LogP contribution is -2.80. The Morgan fingerprint density at radius 3 is 0.881 bits per heavy atom. The van der Waals surface area contributed by atoms with Gasteiger partial charge in [-0.3, -0.25) is 0 Å². The minimum Gasteiger partial charge on any atom is -0.446 e. The summed E-state index contributed by atoms with van der Waals surface area (Å²) in [6, 6.07) is 51.1. The Labute approximate surface area is 367 Å². The molecule has 4 nitrogen and oxygen atoms in total. The van der Waals surface area contributed by atoms with Crippen LogP contribution in [0.15, 0.2) is 201 Å². The fourth-order valence-corrected chi connectivity index (χ4v) is 40.6. The number of rotatable bonds is 15. The molecule has 0 aliphatic rings. The van der Waals surface area contributed by atoms with Gasteiger partial charge in [-0.05, 0) is 58.7 Å². The standard InChI is InChI=1S/C24H28O2Si3.C19H26O2Si3.6CH4/c1-5-27(3,22-16-10-7-11-17-22)26-29(28(4,25)6-2,23-18-12-8-13-19-23)24-20-14-9-15-21-24;1-6-22(3,18-14-10-8-11-15-18)21-24(5,23(4,20)7-2)19-16-12-9-13-17-19;;;;;;/h5-21,25H,1-2H2,3-4H3;6-17,20H,1-2H2,3-5H3;6*1H4. The van der Waals surface area contributed by atoms with Crippen LogP contribution in [0.3, 0.4) is 0 Å². The molecule has 0 aliphatic heterocycles. The third-order valence-electron chi connectivity index (χ3n) is 10.4. The maximum atomic E-state index is 11.9. The van der Waals surface area contributed by atoms with Crippen molar-refractivity contribution in [2.24, 2.45) is 0 Å². The lowest BCUT2D eigenvalue weighted by molar-refractivity contribution is 0.537. The highest BCUT2D eigenvalue weighted by Crippen LogP contribution is 2.26. The van der Waals surface area contributed by atoms with Crippen LogP contribution < -0.4 is 25.9 Å². The van der Waals surface area contributed by atoms with Crippen molar-refractivity contribution in [1.82, 2.24) is 0 Å². The molecule has 0 fully saturated rings. The summed E-state index contributed by atoms with van der Waals surface area (Å²) in [6.45, 7) is 26.5. The summed E-state index contributed by atoms with van der Waals surface area (Å²) in [4.78, 5) is 23.1. The molecule has 0 radical (unpaired) electrons. The van der Waals surface area contributed by atoms with E-state index < -0.39 is 48.0 Å². The summed E-state index contributed by atoms with van der Waals surface area (Å²) in [5, 5.41) is 5.56. The van der Waals surface area contributed by atoms with Gasteiger partial charge in [-0.2, -0.15) is 0 Å². The van der Waals surface area contributed by atoms with E-state index in [1.54, 1.807) is 11.4 Å². The first kappa shape index (κ1) is 59.5. The van der Waals surface area contributed by atoms with Gasteiger partial charge in [-0.25, -0.2) is 0 Å². The van der Waals surface area contributed by atoms with Crippen LogP contribution in [0.1, 0.15) is 44.6 Å². The van der Waals surface area contributed by atoms with E-state index >= 15 is 0 Å². The Balaban J connectivity index is -0.000000979. The summed E-state index contributed by atoms with van der Waals surface area (Å²) in [5.41, 5.74) is 7.45. The number of hydrogen-bond donors (Lipinski definition) is 2. The minimum absolute atomic E-state index is 0. The Morgan fingerprint density at radius 2 is 0.610 bits per heavy atom. The summed E-state index contributed by atoms with van der Waals surface area (Å²) >= 11 is 0. The monoisotopic (exact) mass is 898 g/mol. The molecule has 0 saturated heterocycles. The largest absolute Gasteiger partial charge is 0.446 e. The SMILES string of the molecule is C.C.C.C.C.C.C=C[Si](C)(O[Si](C)(c1ccccc1)[Si](C)(O)C=C)c1ccccc1.C=C[Si](C)(O[Si](c1ccccc1)(c1ccccc1)[Si](C)(O)C=C)c1ccccc1. The van der Waals surface area contributed by atoms with Crippen molar-refractivity contribution in [3.05, 3.63) is 201 Å². The van der Waals surface area contributed by atoms with Crippen LogP contribution in [0.25, 0.3) is 0 Å². The second-order valence-corrected chi connectivity index (χ2v) is 43.7. The van der Waals surface area contributed by atoms with Gasteiger partial charge in [0.2, 0.25) is 40.1 Å². The first-order valence-electron chi connectivity index (χ1n) is 17.9. The highest BCUT2D eigenvalue weighted by Gasteiger charge is 2.58. The molecule has 10 heteroatoms. The molecule has 2 N–H and O–H groups in total. The van der Waals surface area contributed by atoms with Gasteiger partial charge in [0.05, 0.1) is 0 Å². The molecule has 5 rings (SSSR count). The van der Waals surface area contributed by atoms with Crippen LogP contribution in [-0.2, 0) is 8.23 Å². The smallest absolute Gasteiger partial charge is 0.266 e. The maximum Gasteiger partial charge on any atom is 0.266 e. The average Bonchev–Trinajstić information content (AvgIpc) is 3.21. The van der Waals surface area contributed by atoms with Gasteiger partial charge in [0.25, 0.3) is 7.83 Å². The second kappa shape index (κ2) is 25.1. The molecule has 0 heterocycles. The molecule has 5 aromatic carbocycles. The molecular weight excluding hydrogens is 821 g/mol. The molecule has 0 spiro atoms. The normalized spacial score (nSPS) is 15.3. The van der Waals surface area contributed by atoms with Crippen LogP contribution in [0.5, 0.6) is 0 Å². The van der Waals surface area contributed by atoms with E-state index in [4.69, 9.17) is 8.23 Å². The van der Waals surface area contributed by atoms with Gasteiger partial charge in [-0.15, -0.1) is 26.3 Å². The summed E-state index contributed by atoms with van der Waals surface area (Å²) in [6.07, 6.45) is 0. The van der Waals surface area contributed by atoms with Crippen molar-refractivity contribution < 1.29 is 17.8 Å². The fraction of sp³-hybridized carbons (Fsp3) is 0.224. The van der Waals surface area contributed by atoms with Crippen molar-refractivity contribution in [2.45, 2.75) is 77.3 Å². The van der Waals surface area contributed by atoms with Crippen molar-refractivity contribution in [1.29, 1.82) is 0 Å². The first-order chi connectivity index (χ1) is 25.2. The van der Waals surface area contributed by atoms with E-state index in [1.165, 1.54) is 5.19 Å². The zero-order valence-electron chi connectivity index (χ0n) is 31.8. The molecule has 0 aromatic heterocycles. The van der Waals surface area contributed by atoms with Gasteiger partial charge in [-0.1, -0.05) is 219 Å². The summed E-state index contributed by atoms with van der Waals surface area (Å²) < 4.78 is 14.2. The van der Waals surface area contributed by atoms with Crippen molar-refractivity contribution >= 4 is 73.9 Å². The molecule has 0 aliphatic carbocycles. The van der Waals surface area contributed by atoms with Crippen LogP contribution in [0, 0.1) is 0 Å². The van der Waals surface area contributed by atoms with Gasteiger partial charge in [0.15, 0.2) is 0 Å². The predicted octanol–water partition coefficient (Wildman–Crippen LogP) is 10.2. The molecule has 322 valence electrons. The van der Waals surface area contributed by atoms with Crippen LogP contribution in [-0.4, -0.2) is 57.6 Å². The number of benzene rings is 5. The van der Waals surface area contributed by atoms with E-state index in [1.807, 2.05) is 115 Å². The molecular formula is C49H78O4Si6. The van der Waals surface area contributed by atoms with E-state index in [9.17, 15) is 9.59 Å². The minimum atomic E-state index is -3.05. The Morgan fingerprint density at radius 1 is 0.356 bits per heavy atom. The lowest BCUT2D eigenvalue weighted by atomic mass is 10.4. The molecule has 0 amide bonds. The van der Waals surface area contributed by atoms with Gasteiger partial charge >= 0.3 is 0 Å². The highest BCUT2D eigenvalue weighted by atomic mass is 29.3.